The average Bonchev–Trinajstić information content (AvgIpc) is 3.37. The average molecular weight is 521 g/mol. The van der Waals surface area contributed by atoms with Crippen LogP contribution >= 0.6 is 0 Å². The van der Waals surface area contributed by atoms with Crippen molar-refractivity contribution in [3.63, 3.8) is 0 Å². The fourth-order valence-corrected chi connectivity index (χ4v) is 5.06. The van der Waals surface area contributed by atoms with Crippen LogP contribution < -0.4 is 15.8 Å². The van der Waals surface area contributed by atoms with E-state index in [1.807, 2.05) is 36.4 Å². The summed E-state index contributed by atoms with van der Waals surface area (Å²) in [5, 5.41) is 4.59. The Kier molecular flexibility index (Phi) is 7.12. The predicted molar refractivity (Wildman–Crippen MR) is 156 cm³/mol. The van der Waals surface area contributed by atoms with Crippen LogP contribution in [0, 0.1) is 0 Å². The highest BCUT2D eigenvalue weighted by Gasteiger charge is 2.15. The van der Waals surface area contributed by atoms with E-state index in [9.17, 15) is 0 Å². The highest BCUT2D eigenvalue weighted by molar-refractivity contribution is 5.99. The van der Waals surface area contributed by atoms with Crippen LogP contribution in [-0.2, 0) is 4.74 Å². The fraction of sp³-hybridized carbons (Fsp3) is 0.226. The summed E-state index contributed by atoms with van der Waals surface area (Å²) in [5.74, 6) is 2.43. The van der Waals surface area contributed by atoms with Crippen LogP contribution in [0.15, 0.2) is 85.3 Å². The molecule has 0 spiro atoms. The summed E-state index contributed by atoms with van der Waals surface area (Å²) < 4.78 is 12.9. The van der Waals surface area contributed by atoms with Crippen molar-refractivity contribution in [1.82, 2.24) is 19.4 Å². The van der Waals surface area contributed by atoms with Crippen LogP contribution in [0.25, 0.3) is 39.0 Å². The highest BCUT2D eigenvalue weighted by Crippen LogP contribution is 2.36. The summed E-state index contributed by atoms with van der Waals surface area (Å²) in [7, 11) is 1.68. The van der Waals surface area contributed by atoms with E-state index in [1.54, 1.807) is 13.4 Å². The van der Waals surface area contributed by atoms with Gasteiger partial charge in [0.25, 0.3) is 0 Å². The summed E-state index contributed by atoms with van der Waals surface area (Å²) in [5.41, 5.74) is 12.3. The van der Waals surface area contributed by atoms with Crippen LogP contribution in [0.1, 0.15) is 0 Å². The smallest absolute Gasteiger partial charge is 0.142 e. The first-order valence-corrected chi connectivity index (χ1v) is 13.2. The Bertz CT molecular complexity index is 1570. The number of hydrogen-bond acceptors (Lipinski definition) is 7. The minimum atomic E-state index is 0.733. The van der Waals surface area contributed by atoms with Crippen LogP contribution in [0.3, 0.4) is 0 Å². The summed E-state index contributed by atoms with van der Waals surface area (Å²) >= 11 is 0. The molecule has 8 heteroatoms. The van der Waals surface area contributed by atoms with Gasteiger partial charge in [0.1, 0.15) is 23.7 Å². The predicted octanol–water partition coefficient (Wildman–Crippen LogP) is 5.09. The van der Waals surface area contributed by atoms with E-state index in [-0.39, 0.29) is 0 Å². The number of nitrogens with one attached hydrogen (secondary N) is 1. The molecule has 0 bridgehead atoms. The molecule has 0 radical (unpaired) electrons. The third-order valence-corrected chi connectivity index (χ3v) is 7.16. The van der Waals surface area contributed by atoms with Gasteiger partial charge in [0.15, 0.2) is 0 Å². The second kappa shape index (κ2) is 11.1. The second-order valence-electron chi connectivity index (χ2n) is 9.64. The molecule has 0 saturated carbocycles. The van der Waals surface area contributed by atoms with Gasteiger partial charge in [-0.15, -0.1) is 0 Å². The zero-order valence-corrected chi connectivity index (χ0v) is 22.0. The maximum atomic E-state index is 6.15. The lowest BCUT2D eigenvalue weighted by Crippen LogP contribution is -2.39. The van der Waals surface area contributed by atoms with Crippen molar-refractivity contribution in [3.8, 4) is 33.8 Å². The van der Waals surface area contributed by atoms with E-state index in [2.05, 4.69) is 67.3 Å². The molecule has 6 rings (SSSR count). The number of hydrogen-bond donors (Lipinski definition) is 2. The number of nitrogens with zero attached hydrogens (tertiary/aromatic N) is 4. The summed E-state index contributed by atoms with van der Waals surface area (Å²) in [6.07, 6.45) is 3.75. The fourth-order valence-electron chi connectivity index (χ4n) is 5.06. The van der Waals surface area contributed by atoms with E-state index < -0.39 is 0 Å². The Morgan fingerprint density at radius 1 is 0.923 bits per heavy atom. The molecule has 1 aliphatic rings. The zero-order valence-electron chi connectivity index (χ0n) is 22.0. The summed E-state index contributed by atoms with van der Waals surface area (Å²) in [6.45, 7) is 5.28. The van der Waals surface area contributed by atoms with Crippen molar-refractivity contribution >= 4 is 22.4 Å². The van der Waals surface area contributed by atoms with Crippen molar-refractivity contribution < 1.29 is 9.47 Å². The Morgan fingerprint density at radius 2 is 1.74 bits per heavy atom. The normalized spacial score (nSPS) is 14.0. The second-order valence-corrected chi connectivity index (χ2v) is 9.64. The van der Waals surface area contributed by atoms with Gasteiger partial charge in [-0.25, -0.2) is 9.97 Å². The van der Waals surface area contributed by atoms with Crippen molar-refractivity contribution in [2.45, 2.75) is 0 Å². The van der Waals surface area contributed by atoms with E-state index in [1.165, 1.54) is 0 Å². The molecular formula is C31H32N6O2. The molecule has 0 unspecified atom stereocenters. The molecule has 0 aliphatic carbocycles. The topological polar surface area (TPSA) is 90.5 Å². The Morgan fingerprint density at radius 3 is 2.54 bits per heavy atom. The molecule has 198 valence electrons. The lowest BCUT2D eigenvalue weighted by molar-refractivity contribution is 0.0398. The first-order chi connectivity index (χ1) is 19.2. The third kappa shape index (κ3) is 5.43. The van der Waals surface area contributed by atoms with Gasteiger partial charge in [0, 0.05) is 55.1 Å². The standard InChI is InChI=1S/C31H32N6O2/c1-38-26-8-5-22(6-9-26)23-7-10-27-28(24-3-2-4-25(32)17-24)20-37(29(27)18-23)31-19-30(34-21-35-31)33-11-12-36-13-15-39-16-14-36/h2-10,17-21H,11-16,32H2,1H3,(H,33,34,35). The first kappa shape index (κ1) is 24.9. The number of fused-ring (bicyclic) bond motifs is 1. The lowest BCUT2D eigenvalue weighted by Gasteiger charge is -2.26. The molecular weight excluding hydrogens is 488 g/mol. The van der Waals surface area contributed by atoms with Crippen LogP contribution in [0.2, 0.25) is 0 Å². The Hall–Kier alpha value is -4.40. The van der Waals surface area contributed by atoms with Crippen molar-refractivity contribution in [2.75, 3.05) is 57.6 Å². The molecule has 1 fully saturated rings. The van der Waals surface area contributed by atoms with Gasteiger partial charge in [-0.1, -0.05) is 36.4 Å². The minimum Gasteiger partial charge on any atom is -0.497 e. The number of methoxy groups -OCH3 is 1. The number of benzene rings is 3. The lowest BCUT2D eigenvalue weighted by atomic mass is 10.0. The molecule has 8 nitrogen and oxygen atoms in total. The molecule has 0 amide bonds. The minimum absolute atomic E-state index is 0.733. The van der Waals surface area contributed by atoms with Gasteiger partial charge in [0.05, 0.1) is 25.8 Å². The number of nitrogens with two attached hydrogens (primary N) is 1. The largest absolute Gasteiger partial charge is 0.497 e. The summed E-state index contributed by atoms with van der Waals surface area (Å²) in [4.78, 5) is 11.5. The molecule has 1 aliphatic heterocycles. The van der Waals surface area contributed by atoms with Crippen molar-refractivity contribution in [3.05, 3.63) is 85.3 Å². The third-order valence-electron chi connectivity index (χ3n) is 7.16. The van der Waals surface area contributed by atoms with Gasteiger partial charge < -0.3 is 25.1 Å². The van der Waals surface area contributed by atoms with E-state index in [0.29, 0.717) is 0 Å². The molecule has 1 saturated heterocycles. The number of ether oxygens (including phenoxy) is 2. The van der Waals surface area contributed by atoms with Gasteiger partial charge >= 0.3 is 0 Å². The number of aromatic nitrogens is 3. The van der Waals surface area contributed by atoms with Gasteiger partial charge in [0.2, 0.25) is 0 Å². The summed E-state index contributed by atoms with van der Waals surface area (Å²) in [6, 6.07) is 24.6. The SMILES string of the molecule is COc1ccc(-c2ccc3c(-c4cccc(N)c4)cn(-c4cc(NCCN5CCOCC5)ncn4)c3c2)cc1. The number of anilines is 2. The van der Waals surface area contributed by atoms with Gasteiger partial charge in [-0.2, -0.15) is 0 Å². The molecule has 3 heterocycles. The van der Waals surface area contributed by atoms with Crippen LogP contribution in [-0.4, -0.2) is 65.9 Å². The monoisotopic (exact) mass is 520 g/mol. The maximum absolute atomic E-state index is 6.15. The molecule has 39 heavy (non-hydrogen) atoms. The van der Waals surface area contributed by atoms with Gasteiger partial charge in [-0.05, 0) is 47.0 Å². The number of rotatable bonds is 8. The van der Waals surface area contributed by atoms with Crippen LogP contribution in [0.4, 0.5) is 11.5 Å². The van der Waals surface area contributed by atoms with E-state index in [4.69, 9.17) is 15.2 Å². The van der Waals surface area contributed by atoms with E-state index >= 15 is 0 Å². The molecule has 3 N–H and O–H groups in total. The quantitative estimate of drug-likeness (QED) is 0.276. The first-order valence-electron chi connectivity index (χ1n) is 13.2. The van der Waals surface area contributed by atoms with Crippen molar-refractivity contribution in [1.29, 1.82) is 0 Å². The van der Waals surface area contributed by atoms with Crippen LogP contribution in [0.5, 0.6) is 5.75 Å². The molecule has 5 aromatic rings. The molecule has 3 aromatic carbocycles. The Labute approximate surface area is 228 Å². The maximum Gasteiger partial charge on any atom is 0.142 e. The van der Waals surface area contributed by atoms with Crippen molar-refractivity contribution in [2.24, 2.45) is 0 Å². The van der Waals surface area contributed by atoms with Gasteiger partial charge in [-0.3, -0.25) is 4.90 Å². The van der Waals surface area contributed by atoms with E-state index in [0.717, 1.165) is 95.6 Å². The molecule has 2 aromatic heterocycles. The highest BCUT2D eigenvalue weighted by atomic mass is 16.5. The molecule has 0 atom stereocenters. The zero-order chi connectivity index (χ0) is 26.6. The number of morpholine rings is 1. The Balaban J connectivity index is 1.37. The number of nitrogen functional groups attached to an aromatic ring is 1.